The van der Waals surface area contributed by atoms with Gasteiger partial charge in [0.15, 0.2) is 0 Å². The van der Waals surface area contributed by atoms with Gasteiger partial charge in [0.05, 0.1) is 0 Å². The van der Waals surface area contributed by atoms with Crippen molar-refractivity contribution in [1.29, 1.82) is 0 Å². The fraction of sp³-hybridized carbons (Fsp3) is 0.467. The summed E-state index contributed by atoms with van der Waals surface area (Å²) in [5, 5.41) is 5.59. The first-order chi connectivity index (χ1) is 18.5. The van der Waals surface area contributed by atoms with Crippen LogP contribution in [0.2, 0.25) is 0 Å². The Labute approximate surface area is 224 Å². The molecule has 0 bridgehead atoms. The first kappa shape index (κ1) is 27.4. The molecular weight excluding hydrogens is 480 g/mol. The zero-order valence-electron chi connectivity index (χ0n) is 22.0. The number of anilines is 2. The minimum absolute atomic E-state index is 0.00251. The Bertz CT molecular complexity index is 1040. The van der Waals surface area contributed by atoms with Crippen molar-refractivity contribution >= 4 is 35.0 Å². The quantitative estimate of drug-likeness (QED) is 0.534. The van der Waals surface area contributed by atoms with E-state index in [2.05, 4.69) is 10.6 Å². The van der Waals surface area contributed by atoms with Crippen LogP contribution in [-0.4, -0.2) is 59.6 Å². The van der Waals surface area contributed by atoms with Gasteiger partial charge < -0.3 is 20.4 Å². The maximum Gasteiger partial charge on any atom is 0.253 e. The number of nitrogens with one attached hydrogen (secondary N) is 2. The molecule has 0 atom stereocenters. The first-order valence-corrected chi connectivity index (χ1v) is 13.9. The van der Waals surface area contributed by atoms with Gasteiger partial charge in [-0.3, -0.25) is 19.2 Å². The van der Waals surface area contributed by atoms with Crippen LogP contribution in [0, 0.1) is 0 Å². The normalized spacial score (nSPS) is 16.2. The standard InChI is InChI=1S/C30H38N4O4/c35-27(31-25-13-9-11-23(21-25)29(37)33-17-5-1-2-6-18-33)15-16-28(36)32-26-14-10-12-24(22-26)30(38)34-19-7-3-4-8-20-34/h9-14,21-22H,1-8,15-20H2,(H,31,35)(H,32,36). The van der Waals surface area contributed by atoms with Crippen molar-refractivity contribution in [2.24, 2.45) is 0 Å². The van der Waals surface area contributed by atoms with Crippen molar-refractivity contribution in [3.8, 4) is 0 Å². The van der Waals surface area contributed by atoms with E-state index in [1.54, 1.807) is 48.5 Å². The molecule has 2 aromatic carbocycles. The van der Waals surface area contributed by atoms with Gasteiger partial charge in [-0.15, -0.1) is 0 Å². The van der Waals surface area contributed by atoms with Crippen LogP contribution < -0.4 is 10.6 Å². The highest BCUT2D eigenvalue weighted by atomic mass is 16.2. The van der Waals surface area contributed by atoms with Crippen LogP contribution in [0.15, 0.2) is 48.5 Å². The molecule has 2 saturated heterocycles. The number of amides is 4. The number of carbonyl (C=O) groups excluding carboxylic acids is 4. The second-order valence-corrected chi connectivity index (χ2v) is 10.2. The Morgan fingerprint density at radius 2 is 0.921 bits per heavy atom. The van der Waals surface area contributed by atoms with Crippen molar-refractivity contribution in [3.05, 3.63) is 59.7 Å². The van der Waals surface area contributed by atoms with E-state index in [0.717, 1.165) is 77.5 Å². The highest BCUT2D eigenvalue weighted by Gasteiger charge is 2.19. The predicted octanol–water partition coefficient (Wildman–Crippen LogP) is 5.08. The number of nitrogens with zero attached hydrogens (tertiary/aromatic N) is 2. The zero-order chi connectivity index (χ0) is 26.7. The van der Waals surface area contributed by atoms with Crippen molar-refractivity contribution in [1.82, 2.24) is 9.80 Å². The summed E-state index contributed by atoms with van der Waals surface area (Å²) in [5.41, 5.74) is 2.18. The molecule has 2 N–H and O–H groups in total. The number of hydrogen-bond acceptors (Lipinski definition) is 4. The Kier molecular flexibility index (Phi) is 9.90. The lowest BCUT2D eigenvalue weighted by Gasteiger charge is -2.20. The van der Waals surface area contributed by atoms with Crippen LogP contribution in [0.5, 0.6) is 0 Å². The van der Waals surface area contributed by atoms with E-state index in [1.165, 1.54) is 0 Å². The molecule has 2 fully saturated rings. The molecule has 0 spiro atoms. The molecule has 0 radical (unpaired) electrons. The molecule has 202 valence electrons. The van der Waals surface area contributed by atoms with Gasteiger partial charge in [-0.25, -0.2) is 0 Å². The molecule has 8 nitrogen and oxygen atoms in total. The van der Waals surface area contributed by atoms with Gasteiger partial charge in [0.1, 0.15) is 0 Å². The largest absolute Gasteiger partial charge is 0.339 e. The summed E-state index contributed by atoms with van der Waals surface area (Å²) in [5.74, 6) is -0.632. The van der Waals surface area contributed by atoms with Crippen LogP contribution in [0.4, 0.5) is 11.4 Å². The Morgan fingerprint density at radius 1 is 0.553 bits per heavy atom. The molecule has 0 aromatic heterocycles. The molecule has 0 saturated carbocycles. The van der Waals surface area contributed by atoms with Crippen LogP contribution in [0.25, 0.3) is 0 Å². The maximum absolute atomic E-state index is 12.9. The molecule has 2 aliphatic rings. The summed E-state index contributed by atoms with van der Waals surface area (Å²) in [6, 6.07) is 13.9. The fourth-order valence-corrected chi connectivity index (χ4v) is 5.05. The zero-order valence-corrected chi connectivity index (χ0v) is 22.0. The molecule has 0 aliphatic carbocycles. The van der Waals surface area contributed by atoms with Gasteiger partial charge in [-0.2, -0.15) is 0 Å². The van der Waals surface area contributed by atoms with Crippen molar-refractivity contribution < 1.29 is 19.2 Å². The van der Waals surface area contributed by atoms with Crippen molar-refractivity contribution in [3.63, 3.8) is 0 Å². The maximum atomic E-state index is 12.9. The Hall–Kier alpha value is -3.68. The number of benzene rings is 2. The lowest BCUT2D eigenvalue weighted by molar-refractivity contribution is -0.121. The lowest BCUT2D eigenvalue weighted by Crippen LogP contribution is -2.31. The summed E-state index contributed by atoms with van der Waals surface area (Å²) >= 11 is 0. The third-order valence-electron chi connectivity index (χ3n) is 7.15. The van der Waals surface area contributed by atoms with Gasteiger partial charge in [-0.05, 0) is 62.1 Å². The van der Waals surface area contributed by atoms with Crippen LogP contribution >= 0.6 is 0 Å². The fourth-order valence-electron chi connectivity index (χ4n) is 5.05. The SMILES string of the molecule is O=C(CCC(=O)Nc1cccc(C(=O)N2CCCCCC2)c1)Nc1cccc(C(=O)N2CCCCCC2)c1. The minimum Gasteiger partial charge on any atom is -0.339 e. The van der Waals surface area contributed by atoms with E-state index in [4.69, 9.17) is 0 Å². The van der Waals surface area contributed by atoms with Crippen LogP contribution in [0.3, 0.4) is 0 Å². The summed E-state index contributed by atoms with van der Waals surface area (Å²) in [6.07, 6.45) is 8.67. The second kappa shape index (κ2) is 13.7. The predicted molar refractivity (Wildman–Crippen MR) is 148 cm³/mol. The lowest BCUT2D eigenvalue weighted by atomic mass is 10.1. The molecule has 4 amide bonds. The first-order valence-electron chi connectivity index (χ1n) is 13.9. The summed E-state index contributed by atoms with van der Waals surface area (Å²) in [6.45, 7) is 3.05. The number of rotatable bonds is 7. The van der Waals surface area contributed by atoms with E-state index in [-0.39, 0.29) is 36.5 Å². The number of likely N-dealkylation sites (tertiary alicyclic amines) is 2. The van der Waals surface area contributed by atoms with Gasteiger partial charge in [-0.1, -0.05) is 37.8 Å². The molecule has 2 aliphatic heterocycles. The van der Waals surface area contributed by atoms with Gasteiger partial charge in [0, 0.05) is 61.5 Å². The monoisotopic (exact) mass is 518 g/mol. The van der Waals surface area contributed by atoms with Crippen LogP contribution in [-0.2, 0) is 9.59 Å². The molecule has 2 heterocycles. The topological polar surface area (TPSA) is 98.8 Å². The summed E-state index contributed by atoms with van der Waals surface area (Å²) in [4.78, 5) is 54.6. The highest BCUT2D eigenvalue weighted by molar-refractivity contribution is 6.00. The number of carbonyl (C=O) groups is 4. The Morgan fingerprint density at radius 3 is 1.29 bits per heavy atom. The van der Waals surface area contributed by atoms with Gasteiger partial charge in [0.2, 0.25) is 11.8 Å². The van der Waals surface area contributed by atoms with E-state index < -0.39 is 0 Å². The average Bonchev–Trinajstić information content (AvgIpc) is 3.37. The molecular formula is C30H38N4O4. The van der Waals surface area contributed by atoms with E-state index in [9.17, 15) is 19.2 Å². The smallest absolute Gasteiger partial charge is 0.253 e. The molecule has 0 unspecified atom stereocenters. The van der Waals surface area contributed by atoms with Crippen LogP contribution in [0.1, 0.15) is 84.9 Å². The summed E-state index contributed by atoms with van der Waals surface area (Å²) in [7, 11) is 0. The average molecular weight is 519 g/mol. The second-order valence-electron chi connectivity index (χ2n) is 10.2. The van der Waals surface area contributed by atoms with Gasteiger partial charge >= 0.3 is 0 Å². The molecule has 8 heteroatoms. The Balaban J connectivity index is 1.26. The van der Waals surface area contributed by atoms with E-state index in [0.29, 0.717) is 22.5 Å². The highest BCUT2D eigenvalue weighted by Crippen LogP contribution is 2.18. The molecule has 2 aromatic rings. The molecule has 4 rings (SSSR count). The third kappa shape index (κ3) is 7.91. The summed E-state index contributed by atoms with van der Waals surface area (Å²) < 4.78 is 0. The van der Waals surface area contributed by atoms with Crippen molar-refractivity contribution in [2.45, 2.75) is 64.2 Å². The van der Waals surface area contributed by atoms with E-state index >= 15 is 0 Å². The number of hydrogen-bond donors (Lipinski definition) is 2. The van der Waals surface area contributed by atoms with E-state index in [1.807, 2.05) is 9.80 Å². The third-order valence-corrected chi connectivity index (χ3v) is 7.15. The van der Waals surface area contributed by atoms with Gasteiger partial charge in [0.25, 0.3) is 11.8 Å². The minimum atomic E-state index is -0.301. The molecule has 38 heavy (non-hydrogen) atoms. The van der Waals surface area contributed by atoms with Crippen molar-refractivity contribution in [2.75, 3.05) is 36.8 Å².